The number of ether oxygens (including phenoxy) is 2. The number of aromatic nitrogens is 2. The van der Waals surface area contributed by atoms with E-state index in [2.05, 4.69) is 15.0 Å². The Balaban J connectivity index is 1.93. The number of methoxy groups -OCH3 is 1. The summed E-state index contributed by atoms with van der Waals surface area (Å²) in [7, 11) is 1.59. The van der Waals surface area contributed by atoms with Crippen molar-refractivity contribution in [2.75, 3.05) is 20.3 Å². The number of rotatable bonds is 6. The van der Waals surface area contributed by atoms with Crippen LogP contribution in [0.25, 0.3) is 4.96 Å². The van der Waals surface area contributed by atoms with Gasteiger partial charge >= 0.3 is 6.09 Å². The highest BCUT2D eigenvalue weighted by atomic mass is 32.1. The molecule has 0 fully saturated rings. The molecule has 0 spiro atoms. The van der Waals surface area contributed by atoms with E-state index in [0.717, 1.165) is 10.7 Å². The highest BCUT2D eigenvalue weighted by molar-refractivity contribution is 7.15. The van der Waals surface area contributed by atoms with E-state index in [4.69, 9.17) is 10.5 Å². The van der Waals surface area contributed by atoms with Crippen LogP contribution in [0.3, 0.4) is 0 Å². The van der Waals surface area contributed by atoms with Crippen LogP contribution in [0.4, 0.5) is 4.79 Å². The van der Waals surface area contributed by atoms with Crippen molar-refractivity contribution in [1.29, 1.82) is 0 Å². The summed E-state index contributed by atoms with van der Waals surface area (Å²) in [5.41, 5.74) is 5.79. The van der Waals surface area contributed by atoms with Crippen molar-refractivity contribution in [2.24, 2.45) is 5.73 Å². The molecule has 0 aromatic carbocycles. The van der Waals surface area contributed by atoms with Crippen molar-refractivity contribution in [3.63, 3.8) is 0 Å². The third kappa shape index (κ3) is 2.71. The first kappa shape index (κ1) is 12.7. The van der Waals surface area contributed by atoms with E-state index >= 15 is 0 Å². The third-order valence-electron chi connectivity index (χ3n) is 2.33. The number of carbonyl (C=O) groups is 1. The van der Waals surface area contributed by atoms with Crippen molar-refractivity contribution in [2.45, 2.75) is 6.54 Å². The lowest BCUT2D eigenvalue weighted by molar-refractivity contribution is 0.157. The monoisotopic (exact) mass is 270 g/mol. The summed E-state index contributed by atoms with van der Waals surface area (Å²) in [5, 5.41) is 5.09. The molecule has 0 bridgehead atoms. The molecule has 2 aromatic heterocycles. The number of nitrogens with two attached hydrogens (primary N) is 1. The molecule has 0 aliphatic rings. The molecule has 0 aliphatic carbocycles. The van der Waals surface area contributed by atoms with Crippen LogP contribution in [-0.2, 0) is 11.3 Å². The zero-order chi connectivity index (χ0) is 13.0. The van der Waals surface area contributed by atoms with Gasteiger partial charge in [-0.15, -0.1) is 11.3 Å². The van der Waals surface area contributed by atoms with Gasteiger partial charge in [-0.1, -0.05) is 0 Å². The Morgan fingerprint density at radius 3 is 3.22 bits per heavy atom. The smallest absolute Gasteiger partial charge is 0.404 e. The highest BCUT2D eigenvalue weighted by Crippen LogP contribution is 2.22. The zero-order valence-electron chi connectivity index (χ0n) is 9.88. The van der Waals surface area contributed by atoms with Gasteiger partial charge in [-0.3, -0.25) is 4.40 Å². The number of nitrogens with one attached hydrogen (secondary N) is 1. The van der Waals surface area contributed by atoms with Crippen LogP contribution < -0.4 is 15.8 Å². The average molecular weight is 270 g/mol. The van der Waals surface area contributed by atoms with Crippen LogP contribution in [0.5, 0.6) is 5.88 Å². The molecule has 2 aromatic rings. The Bertz CT molecular complexity index is 536. The van der Waals surface area contributed by atoms with Crippen molar-refractivity contribution in [3.8, 4) is 5.88 Å². The van der Waals surface area contributed by atoms with Gasteiger partial charge in [0.15, 0.2) is 4.96 Å². The second-order valence-corrected chi connectivity index (χ2v) is 4.34. The number of hydrogen-bond acceptors (Lipinski definition) is 6. The van der Waals surface area contributed by atoms with E-state index < -0.39 is 6.09 Å². The van der Waals surface area contributed by atoms with Crippen LogP contribution in [-0.4, -0.2) is 35.7 Å². The topological polar surface area (TPSA) is 90.9 Å². The largest absolute Gasteiger partial charge is 0.480 e. The molecular weight excluding hydrogens is 256 g/mol. The van der Waals surface area contributed by atoms with Gasteiger partial charge in [-0.2, -0.15) is 4.98 Å². The molecule has 18 heavy (non-hydrogen) atoms. The summed E-state index contributed by atoms with van der Waals surface area (Å²) in [6, 6.07) is 0. The van der Waals surface area contributed by atoms with Crippen molar-refractivity contribution < 1.29 is 14.3 Å². The van der Waals surface area contributed by atoms with Crippen LogP contribution in [0.2, 0.25) is 0 Å². The lowest BCUT2D eigenvalue weighted by Gasteiger charge is -2.05. The highest BCUT2D eigenvalue weighted by Gasteiger charge is 2.12. The van der Waals surface area contributed by atoms with Crippen LogP contribution in [0, 0.1) is 0 Å². The van der Waals surface area contributed by atoms with E-state index in [-0.39, 0.29) is 6.61 Å². The number of thiazole rings is 1. The lowest BCUT2D eigenvalue weighted by Crippen LogP contribution is -2.23. The van der Waals surface area contributed by atoms with Gasteiger partial charge in [0.2, 0.25) is 5.88 Å². The summed E-state index contributed by atoms with van der Waals surface area (Å²) < 4.78 is 11.8. The second kappa shape index (κ2) is 5.69. The molecule has 0 radical (unpaired) electrons. The molecule has 2 heterocycles. The number of primary amides is 1. The van der Waals surface area contributed by atoms with Gasteiger partial charge in [0.25, 0.3) is 0 Å². The van der Waals surface area contributed by atoms with E-state index in [1.54, 1.807) is 18.4 Å². The molecular formula is C10H14N4O3S. The number of hydrogen-bond donors (Lipinski definition) is 2. The molecule has 7 nitrogen and oxygen atoms in total. The Hall–Kier alpha value is -1.80. The molecule has 0 atom stereocenters. The number of carbonyl (C=O) groups excluding carboxylic acids is 1. The van der Waals surface area contributed by atoms with Gasteiger partial charge in [-0.25, -0.2) is 4.79 Å². The molecule has 0 saturated carbocycles. The van der Waals surface area contributed by atoms with E-state index in [1.165, 1.54) is 0 Å². The summed E-state index contributed by atoms with van der Waals surface area (Å²) in [6.07, 6.45) is 1.17. The molecule has 1 amide bonds. The molecule has 8 heteroatoms. The number of amides is 1. The van der Waals surface area contributed by atoms with Gasteiger partial charge in [0, 0.05) is 24.7 Å². The predicted octanol–water partition coefficient (Wildman–Crippen LogP) is 0.589. The number of nitrogens with zero attached hydrogens (tertiary/aromatic N) is 2. The Kier molecular flexibility index (Phi) is 4.00. The predicted molar refractivity (Wildman–Crippen MR) is 66.9 cm³/mol. The SMILES string of the molecule is COc1nc2sccn2c1CNCCOC(N)=O. The second-order valence-electron chi connectivity index (χ2n) is 3.47. The number of imidazole rings is 1. The van der Waals surface area contributed by atoms with Gasteiger partial charge in [-0.05, 0) is 0 Å². The Morgan fingerprint density at radius 2 is 2.50 bits per heavy atom. The fourth-order valence-electron chi connectivity index (χ4n) is 1.57. The fourth-order valence-corrected chi connectivity index (χ4v) is 2.29. The maximum absolute atomic E-state index is 10.4. The molecule has 3 N–H and O–H groups in total. The van der Waals surface area contributed by atoms with Crippen molar-refractivity contribution >= 4 is 22.4 Å². The maximum atomic E-state index is 10.4. The summed E-state index contributed by atoms with van der Waals surface area (Å²) in [5.74, 6) is 0.602. The summed E-state index contributed by atoms with van der Waals surface area (Å²) in [4.78, 5) is 15.6. The molecule has 2 rings (SSSR count). The third-order valence-corrected chi connectivity index (χ3v) is 3.09. The first-order valence-corrected chi connectivity index (χ1v) is 6.21. The minimum Gasteiger partial charge on any atom is -0.480 e. The quantitative estimate of drug-likeness (QED) is 0.750. The van der Waals surface area contributed by atoms with Gasteiger partial charge in [0.05, 0.1) is 7.11 Å². The zero-order valence-corrected chi connectivity index (χ0v) is 10.7. The van der Waals surface area contributed by atoms with Crippen LogP contribution >= 0.6 is 11.3 Å². The summed E-state index contributed by atoms with van der Waals surface area (Å²) >= 11 is 1.54. The Labute approximate surface area is 108 Å². The Morgan fingerprint density at radius 1 is 1.67 bits per heavy atom. The van der Waals surface area contributed by atoms with E-state index in [9.17, 15) is 4.79 Å². The molecule has 0 saturated heterocycles. The normalized spacial score (nSPS) is 10.7. The molecule has 98 valence electrons. The fraction of sp³-hybridized carbons (Fsp3) is 0.400. The minimum atomic E-state index is -0.765. The van der Waals surface area contributed by atoms with Crippen molar-refractivity contribution in [3.05, 3.63) is 17.3 Å². The summed E-state index contributed by atoms with van der Waals surface area (Å²) in [6.45, 7) is 1.33. The maximum Gasteiger partial charge on any atom is 0.404 e. The molecule has 0 aliphatic heterocycles. The van der Waals surface area contributed by atoms with Crippen molar-refractivity contribution in [1.82, 2.24) is 14.7 Å². The van der Waals surface area contributed by atoms with E-state index in [1.807, 2.05) is 16.0 Å². The van der Waals surface area contributed by atoms with Crippen LogP contribution in [0.15, 0.2) is 11.6 Å². The number of fused-ring (bicyclic) bond motifs is 1. The first-order chi connectivity index (χ1) is 8.72. The van der Waals surface area contributed by atoms with Crippen LogP contribution in [0.1, 0.15) is 5.69 Å². The van der Waals surface area contributed by atoms with E-state index in [0.29, 0.717) is 19.0 Å². The van der Waals surface area contributed by atoms with Gasteiger partial charge in [0.1, 0.15) is 12.3 Å². The standard InChI is InChI=1S/C10H14N4O3S/c1-16-8-7(6-12-2-4-17-9(11)15)14-3-5-18-10(14)13-8/h3,5,12H,2,4,6H2,1H3,(H2,11,15). The average Bonchev–Trinajstić information content (AvgIpc) is 2.89. The molecule has 0 unspecified atom stereocenters. The minimum absolute atomic E-state index is 0.239. The first-order valence-electron chi connectivity index (χ1n) is 5.33. The van der Waals surface area contributed by atoms with Gasteiger partial charge < -0.3 is 20.5 Å². The lowest BCUT2D eigenvalue weighted by atomic mass is 10.4.